The minimum atomic E-state index is -3.81. The third-order valence-electron chi connectivity index (χ3n) is 4.16. The Bertz CT molecular complexity index is 784. The zero-order valence-electron chi connectivity index (χ0n) is 13.2. The molecule has 1 unspecified atom stereocenters. The van der Waals surface area contributed by atoms with Gasteiger partial charge >= 0.3 is 0 Å². The number of nitrogens with zero attached hydrogens (tertiary/aromatic N) is 1. The van der Waals surface area contributed by atoms with Crippen molar-refractivity contribution in [1.82, 2.24) is 4.31 Å². The van der Waals surface area contributed by atoms with Gasteiger partial charge in [0.15, 0.2) is 9.84 Å². The summed E-state index contributed by atoms with van der Waals surface area (Å²) in [4.78, 5) is 0.0740. The molecule has 0 saturated carbocycles. The first-order chi connectivity index (χ1) is 10.1. The molecule has 0 N–H and O–H groups in total. The molecule has 0 aromatic heterocycles. The van der Waals surface area contributed by atoms with Crippen LogP contribution in [0.4, 0.5) is 0 Å². The molecule has 8 heteroatoms. The summed E-state index contributed by atoms with van der Waals surface area (Å²) in [5.74, 6) is 0.174. The molecule has 2 rings (SSSR count). The Morgan fingerprint density at radius 2 is 1.82 bits per heavy atom. The van der Waals surface area contributed by atoms with Crippen molar-refractivity contribution in [3.05, 3.63) is 23.3 Å². The molecular weight excluding hydrogens is 326 g/mol. The second-order valence-electron chi connectivity index (χ2n) is 5.67. The van der Waals surface area contributed by atoms with Gasteiger partial charge in [0.05, 0.1) is 18.6 Å². The van der Waals surface area contributed by atoms with Crippen molar-refractivity contribution in [2.45, 2.75) is 31.2 Å². The summed E-state index contributed by atoms with van der Waals surface area (Å²) in [6.07, 6.45) is 0.325. The Morgan fingerprint density at radius 1 is 1.23 bits per heavy atom. The Kier molecular flexibility index (Phi) is 4.56. The van der Waals surface area contributed by atoms with E-state index in [9.17, 15) is 16.8 Å². The molecule has 124 valence electrons. The SMILES string of the molecule is COc1cc(C)c(C)cc1S(=O)(=O)N(C)C1CCS(=O)(=O)C1. The van der Waals surface area contributed by atoms with Gasteiger partial charge in [-0.25, -0.2) is 16.8 Å². The van der Waals surface area contributed by atoms with Crippen LogP contribution in [0.2, 0.25) is 0 Å². The normalized spacial score (nSPS) is 21.2. The van der Waals surface area contributed by atoms with Crippen LogP contribution in [-0.2, 0) is 19.9 Å². The van der Waals surface area contributed by atoms with Gasteiger partial charge in [0.1, 0.15) is 10.6 Å². The topological polar surface area (TPSA) is 80.8 Å². The minimum Gasteiger partial charge on any atom is -0.495 e. The fraction of sp³-hybridized carbons (Fsp3) is 0.571. The first kappa shape index (κ1) is 17.2. The predicted octanol–water partition coefficient (Wildman–Crippen LogP) is 1.12. The number of sulfonamides is 1. The van der Waals surface area contributed by atoms with Crippen LogP contribution in [0.1, 0.15) is 17.5 Å². The number of methoxy groups -OCH3 is 1. The quantitative estimate of drug-likeness (QED) is 0.815. The average molecular weight is 347 g/mol. The Hall–Kier alpha value is -1.12. The first-order valence-electron chi connectivity index (χ1n) is 6.92. The number of ether oxygens (including phenoxy) is 1. The summed E-state index contributed by atoms with van der Waals surface area (Å²) in [5.41, 5.74) is 1.77. The lowest BCUT2D eigenvalue weighted by Gasteiger charge is -2.24. The molecule has 1 aromatic rings. The number of sulfone groups is 1. The maximum Gasteiger partial charge on any atom is 0.246 e. The van der Waals surface area contributed by atoms with E-state index in [1.807, 2.05) is 13.8 Å². The highest BCUT2D eigenvalue weighted by Crippen LogP contribution is 2.31. The van der Waals surface area contributed by atoms with E-state index in [0.717, 1.165) is 15.4 Å². The lowest BCUT2D eigenvalue weighted by Crippen LogP contribution is -2.38. The van der Waals surface area contributed by atoms with Crippen molar-refractivity contribution in [2.75, 3.05) is 25.7 Å². The highest BCUT2D eigenvalue weighted by molar-refractivity contribution is 7.92. The number of hydrogen-bond donors (Lipinski definition) is 0. The minimum absolute atomic E-state index is 0.0294. The molecule has 1 heterocycles. The van der Waals surface area contributed by atoms with Gasteiger partial charge in [-0.15, -0.1) is 0 Å². The number of benzene rings is 1. The number of aryl methyl sites for hydroxylation is 2. The molecule has 1 aliphatic heterocycles. The summed E-state index contributed by atoms with van der Waals surface area (Å²) in [7, 11) is -4.12. The van der Waals surface area contributed by atoms with Gasteiger partial charge in [0.25, 0.3) is 0 Å². The zero-order chi connectivity index (χ0) is 16.7. The van der Waals surface area contributed by atoms with Crippen molar-refractivity contribution in [3.63, 3.8) is 0 Å². The first-order valence-corrected chi connectivity index (χ1v) is 10.2. The molecule has 1 aliphatic rings. The van der Waals surface area contributed by atoms with Gasteiger partial charge in [-0.2, -0.15) is 4.31 Å². The molecule has 1 atom stereocenters. The van der Waals surface area contributed by atoms with E-state index >= 15 is 0 Å². The van der Waals surface area contributed by atoms with Crippen molar-refractivity contribution in [3.8, 4) is 5.75 Å². The lowest BCUT2D eigenvalue weighted by molar-refractivity contribution is 0.379. The molecule has 1 fully saturated rings. The third kappa shape index (κ3) is 3.13. The molecule has 0 radical (unpaired) electrons. The Balaban J connectivity index is 2.45. The van der Waals surface area contributed by atoms with Crippen molar-refractivity contribution < 1.29 is 21.6 Å². The highest BCUT2D eigenvalue weighted by Gasteiger charge is 2.37. The molecular formula is C14H21NO5S2. The van der Waals surface area contributed by atoms with Crippen LogP contribution in [0.3, 0.4) is 0 Å². The van der Waals surface area contributed by atoms with E-state index in [0.29, 0.717) is 6.42 Å². The molecule has 1 aromatic carbocycles. The van der Waals surface area contributed by atoms with Gasteiger partial charge in [0, 0.05) is 13.1 Å². The van der Waals surface area contributed by atoms with Crippen LogP contribution in [0.25, 0.3) is 0 Å². The van der Waals surface area contributed by atoms with Crippen LogP contribution < -0.4 is 4.74 Å². The van der Waals surface area contributed by atoms with Crippen LogP contribution in [-0.4, -0.2) is 52.8 Å². The highest BCUT2D eigenvalue weighted by atomic mass is 32.2. The van der Waals surface area contributed by atoms with Crippen molar-refractivity contribution in [2.24, 2.45) is 0 Å². The predicted molar refractivity (Wildman–Crippen MR) is 84.5 cm³/mol. The maximum atomic E-state index is 12.8. The fourth-order valence-corrected chi connectivity index (χ4v) is 6.01. The summed E-state index contributed by atoms with van der Waals surface area (Å²) in [6, 6.07) is 2.73. The summed E-state index contributed by atoms with van der Waals surface area (Å²) < 4.78 is 55.2. The second-order valence-corrected chi connectivity index (χ2v) is 9.86. The van der Waals surface area contributed by atoms with Gasteiger partial charge in [-0.1, -0.05) is 0 Å². The number of rotatable bonds is 4. The lowest BCUT2D eigenvalue weighted by atomic mass is 10.1. The van der Waals surface area contributed by atoms with Crippen LogP contribution >= 0.6 is 0 Å². The summed E-state index contributed by atoms with van der Waals surface area (Å²) in [5, 5.41) is 0. The third-order valence-corrected chi connectivity index (χ3v) is 7.84. The molecule has 1 saturated heterocycles. The van der Waals surface area contributed by atoms with E-state index in [1.165, 1.54) is 14.2 Å². The molecule has 0 spiro atoms. The van der Waals surface area contributed by atoms with E-state index in [4.69, 9.17) is 4.74 Å². The van der Waals surface area contributed by atoms with E-state index in [-0.39, 0.29) is 22.2 Å². The smallest absolute Gasteiger partial charge is 0.246 e. The second kappa shape index (κ2) is 5.82. The van der Waals surface area contributed by atoms with Crippen molar-refractivity contribution >= 4 is 19.9 Å². The van der Waals surface area contributed by atoms with E-state index < -0.39 is 25.9 Å². The van der Waals surface area contributed by atoms with Crippen molar-refractivity contribution in [1.29, 1.82) is 0 Å². The Labute approximate surface area is 132 Å². The van der Waals surface area contributed by atoms with Gasteiger partial charge < -0.3 is 4.74 Å². The monoisotopic (exact) mass is 347 g/mol. The molecule has 0 bridgehead atoms. The molecule has 0 aliphatic carbocycles. The van der Waals surface area contributed by atoms with Crippen LogP contribution in [0, 0.1) is 13.8 Å². The maximum absolute atomic E-state index is 12.8. The van der Waals surface area contributed by atoms with Gasteiger partial charge in [-0.05, 0) is 43.5 Å². The average Bonchev–Trinajstić information content (AvgIpc) is 2.80. The van der Waals surface area contributed by atoms with E-state index in [2.05, 4.69) is 0 Å². The molecule has 6 nitrogen and oxygen atoms in total. The number of hydrogen-bond acceptors (Lipinski definition) is 5. The Morgan fingerprint density at radius 3 is 2.32 bits per heavy atom. The van der Waals surface area contributed by atoms with Crippen LogP contribution in [0.5, 0.6) is 5.75 Å². The van der Waals surface area contributed by atoms with Gasteiger partial charge in [-0.3, -0.25) is 0 Å². The van der Waals surface area contributed by atoms with Gasteiger partial charge in [0.2, 0.25) is 10.0 Å². The molecule has 0 amide bonds. The summed E-state index contributed by atoms with van der Waals surface area (Å²) >= 11 is 0. The molecule has 22 heavy (non-hydrogen) atoms. The van der Waals surface area contributed by atoms with Crippen LogP contribution in [0.15, 0.2) is 17.0 Å². The zero-order valence-corrected chi connectivity index (χ0v) is 14.8. The summed E-state index contributed by atoms with van der Waals surface area (Å²) in [6.45, 7) is 3.70. The largest absolute Gasteiger partial charge is 0.495 e. The fourth-order valence-electron chi connectivity index (χ4n) is 2.54. The van der Waals surface area contributed by atoms with E-state index in [1.54, 1.807) is 12.1 Å². The standard InChI is InChI=1S/C14H21NO5S2/c1-10-7-13(20-4)14(8-11(10)2)22(18,19)15(3)12-5-6-21(16,17)9-12/h7-8,12H,5-6,9H2,1-4H3.